The molecule has 0 spiro atoms. The Kier molecular flexibility index (Phi) is 9.22. The first-order valence-corrected chi connectivity index (χ1v) is 15.5. The molecule has 0 atom stereocenters. The number of halogens is 1. The highest BCUT2D eigenvalue weighted by Gasteiger charge is 2.32. The summed E-state index contributed by atoms with van der Waals surface area (Å²) < 4.78 is 21.9. The van der Waals surface area contributed by atoms with Crippen molar-refractivity contribution in [3.05, 3.63) is 76.9 Å². The second-order valence-corrected chi connectivity index (χ2v) is 15.6. The number of carbonyl (C=O) groups excluding carboxylic acids is 2. The van der Waals surface area contributed by atoms with Gasteiger partial charge >= 0.3 is 12.3 Å². The summed E-state index contributed by atoms with van der Waals surface area (Å²) in [4.78, 5) is 27.5. The van der Waals surface area contributed by atoms with E-state index in [-0.39, 0.29) is 0 Å². The van der Waals surface area contributed by atoms with Crippen molar-refractivity contribution in [1.82, 2.24) is 0 Å². The Morgan fingerprint density at radius 2 is 0.925 bits per heavy atom. The van der Waals surface area contributed by atoms with Crippen LogP contribution in [0, 0.1) is 27.7 Å². The smallest absolute Gasteiger partial charge is 0.428 e. The number of benzene rings is 3. The summed E-state index contributed by atoms with van der Waals surface area (Å²) in [7, 11) is 5.43. The summed E-state index contributed by atoms with van der Waals surface area (Å²) in [6, 6.07) is 17.7. The Hall–Kier alpha value is -3.16. The van der Waals surface area contributed by atoms with Crippen molar-refractivity contribution in [2.24, 2.45) is 0 Å². The predicted molar refractivity (Wildman–Crippen MR) is 160 cm³/mol. The zero-order chi connectivity index (χ0) is 30.0. The number of hydrogen-bond acceptors (Lipinski definition) is 6. The average Bonchev–Trinajstić information content (AvgIpc) is 2.81. The molecule has 3 aromatic rings. The van der Waals surface area contributed by atoms with E-state index in [0.29, 0.717) is 11.5 Å². The normalized spacial score (nSPS) is 12.5. The molecule has 3 aromatic carbocycles. The molecule has 0 saturated carbocycles. The van der Waals surface area contributed by atoms with Crippen LogP contribution in [0.4, 0.5) is 9.59 Å². The monoisotopic (exact) mass is 586 g/mol. The third-order valence-electron chi connectivity index (χ3n) is 5.74. The van der Waals surface area contributed by atoms with Crippen LogP contribution in [0.2, 0.25) is 0 Å². The molecular formula is C32H39ClO6S. The van der Waals surface area contributed by atoms with Gasteiger partial charge in [-0.1, -0.05) is 38.1 Å². The Bertz CT molecular complexity index is 1270. The van der Waals surface area contributed by atoms with Crippen LogP contribution in [-0.2, 0) is 9.47 Å². The molecule has 8 heteroatoms. The van der Waals surface area contributed by atoms with Gasteiger partial charge in [-0.3, -0.25) is 0 Å². The van der Waals surface area contributed by atoms with Gasteiger partial charge in [0.2, 0.25) is 0 Å². The van der Waals surface area contributed by atoms with Gasteiger partial charge in [0.25, 0.3) is 0 Å². The van der Waals surface area contributed by atoms with Gasteiger partial charge in [-0.25, -0.2) is 9.59 Å². The van der Waals surface area contributed by atoms with Crippen LogP contribution < -0.4 is 9.47 Å². The van der Waals surface area contributed by atoms with E-state index >= 15 is 0 Å². The lowest BCUT2D eigenvalue weighted by Gasteiger charge is -2.36. The van der Waals surface area contributed by atoms with Crippen molar-refractivity contribution < 1.29 is 28.5 Å². The molecule has 6 nitrogen and oxygen atoms in total. The number of carbonyl (C=O) groups is 2. The second-order valence-electron chi connectivity index (χ2n) is 11.8. The maximum atomic E-state index is 12.4. The molecule has 0 aliphatic heterocycles. The van der Waals surface area contributed by atoms with Crippen LogP contribution >= 0.6 is 19.9 Å². The molecule has 0 unspecified atom stereocenters. The first-order valence-electron chi connectivity index (χ1n) is 13.0. The Labute approximate surface area is 243 Å². The molecular weight excluding hydrogens is 548 g/mol. The van der Waals surface area contributed by atoms with Crippen molar-refractivity contribution >= 4 is 32.2 Å². The maximum Gasteiger partial charge on any atom is 0.514 e. The van der Waals surface area contributed by atoms with E-state index in [1.807, 2.05) is 82.3 Å². The van der Waals surface area contributed by atoms with E-state index in [0.717, 1.165) is 36.9 Å². The van der Waals surface area contributed by atoms with Crippen LogP contribution in [0.5, 0.6) is 11.5 Å². The van der Waals surface area contributed by atoms with Gasteiger partial charge in [0.05, 0.1) is 0 Å². The van der Waals surface area contributed by atoms with Gasteiger partial charge in [0, 0.05) is 14.7 Å². The second kappa shape index (κ2) is 11.8. The van der Waals surface area contributed by atoms with Gasteiger partial charge in [0.15, 0.2) is 0 Å². The fourth-order valence-electron chi connectivity index (χ4n) is 4.19. The molecule has 0 N–H and O–H groups in total. The molecule has 216 valence electrons. The summed E-state index contributed by atoms with van der Waals surface area (Å²) >= 11 is 0. The Balaban J connectivity index is 2.11. The molecule has 0 radical (unpaired) electrons. The van der Waals surface area contributed by atoms with Crippen molar-refractivity contribution in [1.29, 1.82) is 0 Å². The average molecular weight is 587 g/mol. The fourth-order valence-corrected chi connectivity index (χ4v) is 7.74. The number of ether oxygens (including phenoxy) is 4. The summed E-state index contributed by atoms with van der Waals surface area (Å²) in [5, 5.41) is 0. The van der Waals surface area contributed by atoms with Crippen LogP contribution in [0.15, 0.2) is 69.3 Å². The molecule has 0 amide bonds. The summed E-state index contributed by atoms with van der Waals surface area (Å²) in [5.41, 5.74) is 1.69. The van der Waals surface area contributed by atoms with Crippen molar-refractivity contribution in [2.45, 2.75) is 95.1 Å². The first kappa shape index (κ1) is 31.4. The molecule has 0 aliphatic rings. The number of hydrogen-bond donors (Lipinski definition) is 0. The van der Waals surface area contributed by atoms with Crippen molar-refractivity contribution in [3.63, 3.8) is 0 Å². The third-order valence-corrected chi connectivity index (χ3v) is 10.0. The molecule has 3 rings (SSSR count). The van der Waals surface area contributed by atoms with Crippen LogP contribution in [0.3, 0.4) is 0 Å². The van der Waals surface area contributed by atoms with Gasteiger partial charge in [-0.05, 0) is 128 Å². The van der Waals surface area contributed by atoms with E-state index in [9.17, 15) is 9.59 Å². The number of aryl methyl sites for hydroxylation is 4. The molecule has 0 saturated heterocycles. The molecule has 0 fully saturated rings. The first-order chi connectivity index (χ1) is 18.4. The van der Waals surface area contributed by atoms with Gasteiger partial charge in [-0.2, -0.15) is 0 Å². The highest BCUT2D eigenvalue weighted by atomic mass is 35.7. The summed E-state index contributed by atoms with van der Waals surface area (Å²) in [6.07, 6.45) is -1.52. The Morgan fingerprint density at radius 3 is 1.23 bits per heavy atom. The lowest BCUT2D eigenvalue weighted by Crippen LogP contribution is -2.26. The lowest BCUT2D eigenvalue weighted by molar-refractivity contribution is 0.0190. The number of rotatable bonds is 5. The largest absolute Gasteiger partial charge is 0.514 e. The van der Waals surface area contributed by atoms with Gasteiger partial charge < -0.3 is 18.9 Å². The minimum Gasteiger partial charge on any atom is -0.428 e. The Morgan fingerprint density at radius 1 is 0.600 bits per heavy atom. The van der Waals surface area contributed by atoms with E-state index < -0.39 is 32.8 Å². The van der Waals surface area contributed by atoms with Crippen molar-refractivity contribution in [3.8, 4) is 11.5 Å². The van der Waals surface area contributed by atoms with Crippen LogP contribution in [0.25, 0.3) is 0 Å². The van der Waals surface area contributed by atoms with E-state index in [1.54, 1.807) is 41.5 Å². The van der Waals surface area contributed by atoms with Crippen molar-refractivity contribution in [2.75, 3.05) is 0 Å². The fraction of sp³-hybridized carbons (Fsp3) is 0.375. The predicted octanol–water partition coefficient (Wildman–Crippen LogP) is 9.98. The standard InChI is InChI=1S/C32H39ClO6S/c1-20-16-25(17-21(2)27(20)36-29(34)38-31(5,6)7)40(33,24-14-12-11-13-15-24)26-18-22(3)28(23(4)19-26)37-30(35)39-32(8,9)10/h11-19H,1-10H3. The highest BCUT2D eigenvalue weighted by Crippen LogP contribution is 2.73. The summed E-state index contributed by atoms with van der Waals surface area (Å²) in [6.45, 7) is 18.3. The molecule has 40 heavy (non-hydrogen) atoms. The molecule has 0 aliphatic carbocycles. The summed E-state index contributed by atoms with van der Waals surface area (Å²) in [5.74, 6) is 0.885. The van der Waals surface area contributed by atoms with E-state index in [2.05, 4.69) is 0 Å². The molecule has 0 heterocycles. The lowest BCUT2D eigenvalue weighted by atomic mass is 10.1. The highest BCUT2D eigenvalue weighted by molar-refractivity contribution is 8.51. The minimum atomic E-state index is -2.28. The van der Waals surface area contributed by atoms with E-state index in [4.69, 9.17) is 29.6 Å². The van der Waals surface area contributed by atoms with E-state index in [1.165, 1.54) is 0 Å². The van der Waals surface area contributed by atoms with Crippen LogP contribution in [-0.4, -0.2) is 23.5 Å². The minimum absolute atomic E-state index is 0.443. The topological polar surface area (TPSA) is 71.1 Å². The zero-order valence-electron chi connectivity index (χ0n) is 24.9. The maximum absolute atomic E-state index is 12.4. The molecule has 0 aromatic heterocycles. The van der Waals surface area contributed by atoms with Crippen LogP contribution in [0.1, 0.15) is 63.8 Å². The quantitative estimate of drug-likeness (QED) is 0.219. The molecule has 0 bridgehead atoms. The van der Waals surface area contributed by atoms with Gasteiger partial charge in [0.1, 0.15) is 22.7 Å². The SMILES string of the molecule is Cc1cc(S(Cl)(c2ccccc2)c2cc(C)c(OC(=O)OC(C)(C)C)c(C)c2)cc(C)c1OC(=O)OC(C)(C)C. The van der Waals surface area contributed by atoms with Gasteiger partial charge in [-0.15, -0.1) is 0 Å². The third kappa shape index (κ3) is 7.52. The zero-order valence-corrected chi connectivity index (χ0v) is 26.5.